The van der Waals surface area contributed by atoms with Crippen molar-refractivity contribution in [1.29, 1.82) is 0 Å². The third-order valence-electron chi connectivity index (χ3n) is 6.25. The van der Waals surface area contributed by atoms with Crippen LogP contribution in [0.15, 0.2) is 53.5 Å². The summed E-state index contributed by atoms with van der Waals surface area (Å²) in [7, 11) is 2.06. The van der Waals surface area contributed by atoms with E-state index < -0.39 is 0 Å². The number of rotatable bonds is 8. The second-order valence-electron chi connectivity index (χ2n) is 8.61. The molecule has 1 N–H and O–H groups in total. The van der Waals surface area contributed by atoms with Gasteiger partial charge in [0, 0.05) is 51.4 Å². The summed E-state index contributed by atoms with van der Waals surface area (Å²) in [6.07, 6.45) is 3.10. The number of nitrogens with zero attached hydrogens (tertiary/aromatic N) is 5. The molecule has 4 rings (SSSR count). The molecule has 0 radical (unpaired) electrons. The molecule has 1 fully saturated rings. The second-order valence-corrected chi connectivity index (χ2v) is 8.61. The van der Waals surface area contributed by atoms with Gasteiger partial charge in [-0.1, -0.05) is 30.3 Å². The third kappa shape index (κ3) is 5.39. The molecule has 8 heteroatoms. The van der Waals surface area contributed by atoms with Crippen molar-refractivity contribution in [3.05, 3.63) is 64.6 Å². The average molecular weight is 449 g/mol. The number of amides is 1. The van der Waals surface area contributed by atoms with Crippen molar-refractivity contribution in [3.63, 3.8) is 0 Å². The lowest BCUT2D eigenvalue weighted by molar-refractivity contribution is -0.125. The number of anilines is 1. The lowest BCUT2D eigenvalue weighted by Crippen LogP contribution is -2.44. The number of carbonyl (C=O) groups excluding carboxylic acids is 1. The summed E-state index contributed by atoms with van der Waals surface area (Å²) in [5.41, 5.74) is 2.47. The molecule has 0 spiro atoms. The van der Waals surface area contributed by atoms with E-state index in [4.69, 9.17) is 0 Å². The fourth-order valence-electron chi connectivity index (χ4n) is 4.40. The molecule has 0 bridgehead atoms. The molecule has 1 aliphatic heterocycles. The number of hydrogen-bond donors (Lipinski definition) is 1. The Bertz CT molecular complexity index is 1140. The van der Waals surface area contributed by atoms with E-state index in [0.717, 1.165) is 13.1 Å². The molecule has 1 amide bonds. The van der Waals surface area contributed by atoms with E-state index in [9.17, 15) is 9.59 Å². The molecule has 0 atom stereocenters. The predicted octanol–water partition coefficient (Wildman–Crippen LogP) is 2.28. The SMILES string of the molecule is CCn1c(=O)c(N2CCC(C(=O)NCCN(C)Cc3ccccc3)CC2)nc2cccnc21. The lowest BCUT2D eigenvalue weighted by Gasteiger charge is -2.32. The van der Waals surface area contributed by atoms with Crippen LogP contribution in [0.2, 0.25) is 0 Å². The van der Waals surface area contributed by atoms with E-state index in [-0.39, 0.29) is 17.4 Å². The summed E-state index contributed by atoms with van der Waals surface area (Å²) in [6.45, 7) is 6.05. The molecule has 1 aliphatic rings. The highest BCUT2D eigenvalue weighted by Crippen LogP contribution is 2.21. The number of aryl methyl sites for hydroxylation is 1. The Kier molecular flexibility index (Phi) is 7.34. The van der Waals surface area contributed by atoms with Gasteiger partial charge in [-0.3, -0.25) is 14.2 Å². The van der Waals surface area contributed by atoms with Gasteiger partial charge in [0.25, 0.3) is 5.56 Å². The number of piperidine rings is 1. The fourth-order valence-corrected chi connectivity index (χ4v) is 4.40. The van der Waals surface area contributed by atoms with E-state index in [2.05, 4.69) is 39.4 Å². The van der Waals surface area contributed by atoms with Crippen LogP contribution in [0, 0.1) is 5.92 Å². The molecule has 174 valence electrons. The first-order valence-electron chi connectivity index (χ1n) is 11.7. The number of benzene rings is 1. The summed E-state index contributed by atoms with van der Waals surface area (Å²) in [4.78, 5) is 38.8. The Hall–Kier alpha value is -3.26. The van der Waals surface area contributed by atoms with Crippen LogP contribution in [0.1, 0.15) is 25.3 Å². The lowest BCUT2D eigenvalue weighted by atomic mass is 9.96. The van der Waals surface area contributed by atoms with Gasteiger partial charge in [0.05, 0.1) is 0 Å². The van der Waals surface area contributed by atoms with Gasteiger partial charge in [-0.15, -0.1) is 0 Å². The Balaban J connectivity index is 1.29. The molecule has 1 aromatic carbocycles. The second kappa shape index (κ2) is 10.6. The van der Waals surface area contributed by atoms with Crippen LogP contribution in [-0.4, -0.2) is 58.6 Å². The van der Waals surface area contributed by atoms with Crippen LogP contribution < -0.4 is 15.8 Å². The molecule has 0 unspecified atom stereocenters. The van der Waals surface area contributed by atoms with Crippen molar-refractivity contribution < 1.29 is 4.79 Å². The first-order valence-corrected chi connectivity index (χ1v) is 11.7. The largest absolute Gasteiger partial charge is 0.355 e. The minimum Gasteiger partial charge on any atom is -0.355 e. The molecular formula is C25H32N6O2. The van der Waals surface area contributed by atoms with Gasteiger partial charge >= 0.3 is 0 Å². The topological polar surface area (TPSA) is 83.4 Å². The molecule has 2 aromatic heterocycles. The molecule has 0 aliphatic carbocycles. The maximum atomic E-state index is 13.0. The Morgan fingerprint density at radius 3 is 2.64 bits per heavy atom. The third-order valence-corrected chi connectivity index (χ3v) is 6.25. The number of nitrogens with one attached hydrogen (secondary N) is 1. The minimum atomic E-state index is -0.118. The van der Waals surface area contributed by atoms with E-state index in [0.29, 0.717) is 56.0 Å². The normalized spacial score (nSPS) is 14.7. The fraction of sp³-hybridized carbons (Fsp3) is 0.440. The van der Waals surface area contributed by atoms with Crippen LogP contribution in [0.25, 0.3) is 11.2 Å². The molecule has 3 aromatic rings. The summed E-state index contributed by atoms with van der Waals surface area (Å²) < 4.78 is 1.67. The Morgan fingerprint density at radius 1 is 1.15 bits per heavy atom. The van der Waals surface area contributed by atoms with Crippen molar-refractivity contribution in [1.82, 2.24) is 24.8 Å². The zero-order valence-electron chi connectivity index (χ0n) is 19.4. The number of carbonyl (C=O) groups is 1. The van der Waals surface area contributed by atoms with Gasteiger partial charge in [-0.25, -0.2) is 9.97 Å². The van der Waals surface area contributed by atoms with E-state index in [1.807, 2.05) is 42.2 Å². The molecular weight excluding hydrogens is 416 g/mol. The van der Waals surface area contributed by atoms with Gasteiger partial charge in [0.1, 0.15) is 5.52 Å². The molecule has 1 saturated heterocycles. The highest BCUT2D eigenvalue weighted by atomic mass is 16.2. The first-order chi connectivity index (χ1) is 16.1. The highest BCUT2D eigenvalue weighted by molar-refractivity contribution is 5.79. The van der Waals surface area contributed by atoms with Gasteiger partial charge in [0.15, 0.2) is 11.5 Å². The summed E-state index contributed by atoms with van der Waals surface area (Å²) >= 11 is 0. The van der Waals surface area contributed by atoms with Crippen molar-refractivity contribution in [2.75, 3.05) is 38.1 Å². The van der Waals surface area contributed by atoms with Gasteiger partial charge < -0.3 is 15.1 Å². The van der Waals surface area contributed by atoms with Crippen LogP contribution in [0.5, 0.6) is 0 Å². The van der Waals surface area contributed by atoms with Crippen molar-refractivity contribution in [3.8, 4) is 0 Å². The van der Waals surface area contributed by atoms with E-state index in [1.165, 1.54) is 5.56 Å². The maximum absolute atomic E-state index is 13.0. The molecule has 33 heavy (non-hydrogen) atoms. The number of hydrogen-bond acceptors (Lipinski definition) is 6. The smallest absolute Gasteiger partial charge is 0.295 e. The average Bonchev–Trinajstić information content (AvgIpc) is 2.84. The standard InChI is InChI=1S/C25H32N6O2/c1-3-31-22-21(10-7-13-26-22)28-23(25(31)33)30-15-11-20(12-16-30)24(32)27-14-17-29(2)18-19-8-5-4-6-9-19/h4-10,13,20H,3,11-12,14-18H2,1-2H3,(H,27,32). The summed E-state index contributed by atoms with van der Waals surface area (Å²) in [6, 6.07) is 14.0. The number of pyridine rings is 1. The van der Waals surface area contributed by atoms with Gasteiger partial charge in [-0.2, -0.15) is 0 Å². The van der Waals surface area contributed by atoms with Crippen LogP contribution in [0.4, 0.5) is 5.82 Å². The monoisotopic (exact) mass is 448 g/mol. The molecule has 8 nitrogen and oxygen atoms in total. The maximum Gasteiger partial charge on any atom is 0.295 e. The predicted molar refractivity (Wildman–Crippen MR) is 130 cm³/mol. The van der Waals surface area contributed by atoms with Crippen molar-refractivity contribution in [2.45, 2.75) is 32.9 Å². The number of fused-ring (bicyclic) bond motifs is 1. The zero-order chi connectivity index (χ0) is 23.2. The Labute approximate surface area is 194 Å². The van der Waals surface area contributed by atoms with Crippen molar-refractivity contribution in [2.24, 2.45) is 5.92 Å². The molecule has 3 heterocycles. The van der Waals surface area contributed by atoms with E-state index in [1.54, 1.807) is 10.8 Å². The summed E-state index contributed by atoms with van der Waals surface area (Å²) in [5, 5.41) is 3.09. The number of aromatic nitrogens is 3. The van der Waals surface area contributed by atoms with Crippen LogP contribution in [-0.2, 0) is 17.9 Å². The summed E-state index contributed by atoms with van der Waals surface area (Å²) in [5.74, 6) is 0.527. The Morgan fingerprint density at radius 2 is 1.91 bits per heavy atom. The zero-order valence-corrected chi connectivity index (χ0v) is 19.4. The van der Waals surface area contributed by atoms with E-state index >= 15 is 0 Å². The number of likely N-dealkylation sites (N-methyl/N-ethyl adjacent to an activating group) is 1. The highest BCUT2D eigenvalue weighted by Gasteiger charge is 2.27. The van der Waals surface area contributed by atoms with Crippen LogP contribution in [0.3, 0.4) is 0 Å². The van der Waals surface area contributed by atoms with Gasteiger partial charge in [0.2, 0.25) is 5.91 Å². The van der Waals surface area contributed by atoms with Crippen LogP contribution >= 0.6 is 0 Å². The molecule has 0 saturated carbocycles. The first kappa shape index (κ1) is 22.9. The quantitative estimate of drug-likeness (QED) is 0.569. The minimum absolute atomic E-state index is 0.0313. The van der Waals surface area contributed by atoms with Crippen molar-refractivity contribution >= 4 is 22.9 Å². The van der Waals surface area contributed by atoms with Gasteiger partial charge in [-0.05, 0) is 44.5 Å².